The van der Waals surface area contributed by atoms with Gasteiger partial charge < -0.3 is 9.32 Å². The number of rotatable bonds is 6. The van der Waals surface area contributed by atoms with Crippen LogP contribution >= 0.6 is 0 Å². The molecule has 2 heteroatoms. The lowest BCUT2D eigenvalue weighted by molar-refractivity contribution is 0.660. The van der Waals surface area contributed by atoms with Gasteiger partial charge in [0.2, 0.25) is 0 Å². The van der Waals surface area contributed by atoms with E-state index in [-0.39, 0.29) is 5.41 Å². The molecule has 0 spiro atoms. The Labute approximate surface area is 373 Å². The smallest absolute Gasteiger partial charge is 0.145 e. The first-order valence-corrected chi connectivity index (χ1v) is 22.3. The summed E-state index contributed by atoms with van der Waals surface area (Å²) in [5, 5.41) is 4.50. The van der Waals surface area contributed by atoms with Gasteiger partial charge in [-0.25, -0.2) is 0 Å². The van der Waals surface area contributed by atoms with Crippen molar-refractivity contribution in [3.05, 3.63) is 258 Å². The Bertz CT molecular complexity index is 3600. The van der Waals surface area contributed by atoms with Crippen LogP contribution in [0.2, 0.25) is 0 Å². The molecular formula is C62H43NO. The van der Waals surface area contributed by atoms with Gasteiger partial charge in [0.25, 0.3) is 0 Å². The molecule has 0 amide bonds. The van der Waals surface area contributed by atoms with Crippen molar-refractivity contribution in [3.8, 4) is 33.4 Å². The summed E-state index contributed by atoms with van der Waals surface area (Å²) in [5.74, 6) is 0. The molecule has 13 rings (SSSR count). The third-order valence-electron chi connectivity index (χ3n) is 14.3. The van der Waals surface area contributed by atoms with Crippen molar-refractivity contribution >= 4 is 49.8 Å². The molecule has 2 aliphatic carbocycles. The molecule has 1 heterocycles. The predicted octanol–water partition coefficient (Wildman–Crippen LogP) is 16.5. The van der Waals surface area contributed by atoms with Crippen LogP contribution in [0.5, 0.6) is 0 Å². The molecule has 0 aliphatic heterocycles. The molecule has 0 saturated carbocycles. The van der Waals surface area contributed by atoms with Crippen LogP contribution in [-0.2, 0) is 10.8 Å². The summed E-state index contributed by atoms with van der Waals surface area (Å²) in [5.41, 5.74) is 19.3. The van der Waals surface area contributed by atoms with Crippen molar-refractivity contribution < 1.29 is 4.42 Å². The van der Waals surface area contributed by atoms with Crippen LogP contribution in [0.25, 0.3) is 66.1 Å². The molecule has 0 unspecified atom stereocenters. The zero-order valence-electron chi connectivity index (χ0n) is 35.7. The molecule has 0 radical (unpaired) electrons. The van der Waals surface area contributed by atoms with E-state index >= 15 is 0 Å². The SMILES string of the molecule is CC1(C)c2ccccc2-c2ccc(N(c3ccc4c(c3)C(c3ccccc3)(c3ccccc3)c3ccccc3-4)c3ccc4c(oc5c6ccccc6ccc45)c3-c3ccccc3)cc21. The Morgan fingerprint density at radius 1 is 0.375 bits per heavy atom. The summed E-state index contributed by atoms with van der Waals surface area (Å²) in [6, 6.07) is 82.8. The number of hydrogen-bond donors (Lipinski definition) is 0. The first kappa shape index (κ1) is 36.7. The van der Waals surface area contributed by atoms with Gasteiger partial charge in [0, 0.05) is 38.5 Å². The van der Waals surface area contributed by atoms with Gasteiger partial charge in [0.1, 0.15) is 11.2 Å². The highest BCUT2D eigenvalue weighted by molar-refractivity contribution is 6.19. The topological polar surface area (TPSA) is 16.4 Å². The van der Waals surface area contributed by atoms with E-state index in [1.807, 2.05) is 0 Å². The van der Waals surface area contributed by atoms with Crippen LogP contribution in [-0.4, -0.2) is 0 Å². The van der Waals surface area contributed by atoms with Crippen LogP contribution in [0.1, 0.15) is 47.2 Å². The monoisotopic (exact) mass is 817 g/mol. The van der Waals surface area contributed by atoms with E-state index in [1.54, 1.807) is 0 Å². The van der Waals surface area contributed by atoms with Gasteiger partial charge in [-0.1, -0.05) is 196 Å². The first-order chi connectivity index (χ1) is 31.5. The molecule has 64 heavy (non-hydrogen) atoms. The summed E-state index contributed by atoms with van der Waals surface area (Å²) in [6.07, 6.45) is 0. The maximum Gasteiger partial charge on any atom is 0.145 e. The summed E-state index contributed by atoms with van der Waals surface area (Å²) in [4.78, 5) is 2.50. The Kier molecular flexibility index (Phi) is 7.90. The van der Waals surface area contributed by atoms with Gasteiger partial charge in [-0.3, -0.25) is 0 Å². The minimum Gasteiger partial charge on any atom is -0.455 e. The second-order valence-corrected chi connectivity index (χ2v) is 18.0. The van der Waals surface area contributed by atoms with Crippen molar-refractivity contribution in [3.63, 3.8) is 0 Å². The Morgan fingerprint density at radius 3 is 1.59 bits per heavy atom. The van der Waals surface area contributed by atoms with E-state index < -0.39 is 5.41 Å². The van der Waals surface area contributed by atoms with Crippen molar-refractivity contribution in [2.75, 3.05) is 4.90 Å². The average Bonchev–Trinajstić information content (AvgIpc) is 3.96. The Balaban J connectivity index is 1.13. The third kappa shape index (κ3) is 5.08. The molecule has 0 bridgehead atoms. The van der Waals surface area contributed by atoms with Crippen LogP contribution in [0, 0.1) is 0 Å². The quantitative estimate of drug-likeness (QED) is 0.166. The van der Waals surface area contributed by atoms with E-state index in [0.29, 0.717) is 0 Å². The van der Waals surface area contributed by atoms with Gasteiger partial charge in [-0.05, 0) is 109 Å². The summed E-state index contributed by atoms with van der Waals surface area (Å²) in [6.45, 7) is 4.74. The molecule has 0 fully saturated rings. The first-order valence-electron chi connectivity index (χ1n) is 22.3. The second-order valence-electron chi connectivity index (χ2n) is 18.0. The lowest BCUT2D eigenvalue weighted by Gasteiger charge is -2.35. The standard InChI is InChI=1S/C62H43NO/c1-61(2)53-28-16-14-26-47(53)49-34-31-44(38-55(49)61)63(57-37-36-52-51-33-30-40-18-12-13-25-46(40)59(51)64-60(52)58(57)41-19-6-3-7-20-41)45-32-35-50-48-27-15-17-29-54(48)62(56(50)39-45,42-21-8-4-9-22-42)43-23-10-5-11-24-43/h3-39H,1-2H3. The zero-order valence-corrected chi connectivity index (χ0v) is 35.7. The fourth-order valence-corrected chi connectivity index (χ4v) is 11.5. The van der Waals surface area contributed by atoms with Crippen LogP contribution in [0.3, 0.4) is 0 Å². The summed E-state index contributed by atoms with van der Waals surface area (Å²) in [7, 11) is 0. The van der Waals surface area contributed by atoms with Gasteiger partial charge in [0.05, 0.1) is 11.1 Å². The molecule has 302 valence electrons. The third-order valence-corrected chi connectivity index (χ3v) is 14.3. The highest BCUT2D eigenvalue weighted by atomic mass is 16.3. The highest BCUT2D eigenvalue weighted by Gasteiger charge is 2.46. The summed E-state index contributed by atoms with van der Waals surface area (Å²) < 4.78 is 7.20. The maximum atomic E-state index is 7.20. The van der Waals surface area contributed by atoms with Crippen LogP contribution < -0.4 is 4.90 Å². The van der Waals surface area contributed by atoms with Crippen molar-refractivity contribution in [2.45, 2.75) is 24.7 Å². The fraction of sp³-hybridized carbons (Fsp3) is 0.0645. The molecule has 0 N–H and O–H groups in total. The second kappa shape index (κ2) is 13.8. The molecule has 1 aromatic heterocycles. The number of anilines is 3. The maximum absolute atomic E-state index is 7.20. The molecule has 0 atom stereocenters. The normalized spacial score (nSPS) is 14.0. The van der Waals surface area contributed by atoms with Gasteiger partial charge in [-0.2, -0.15) is 0 Å². The molecule has 2 aliphatic rings. The predicted molar refractivity (Wildman–Crippen MR) is 266 cm³/mol. The number of benzene rings is 10. The van der Waals surface area contributed by atoms with Crippen LogP contribution in [0.15, 0.2) is 229 Å². The minimum atomic E-state index is -0.552. The average molecular weight is 818 g/mol. The van der Waals surface area contributed by atoms with E-state index in [4.69, 9.17) is 4.42 Å². The molecular weight excluding hydrogens is 775 g/mol. The van der Waals surface area contributed by atoms with Gasteiger partial charge >= 0.3 is 0 Å². The number of nitrogens with zero attached hydrogens (tertiary/aromatic N) is 1. The number of hydrogen-bond acceptors (Lipinski definition) is 2. The Morgan fingerprint density at radius 2 is 0.891 bits per heavy atom. The lowest BCUT2D eigenvalue weighted by Crippen LogP contribution is -2.28. The fourth-order valence-electron chi connectivity index (χ4n) is 11.5. The van der Waals surface area contributed by atoms with Crippen molar-refractivity contribution in [1.29, 1.82) is 0 Å². The molecule has 11 aromatic rings. The molecule has 0 saturated heterocycles. The van der Waals surface area contributed by atoms with E-state index in [9.17, 15) is 0 Å². The zero-order chi connectivity index (χ0) is 42.6. The minimum absolute atomic E-state index is 0.186. The number of furan rings is 1. The van der Waals surface area contributed by atoms with Crippen LogP contribution in [0.4, 0.5) is 17.1 Å². The number of fused-ring (bicyclic) bond motifs is 11. The largest absolute Gasteiger partial charge is 0.455 e. The lowest BCUT2D eigenvalue weighted by atomic mass is 9.67. The Hall–Kier alpha value is -7.94. The van der Waals surface area contributed by atoms with Crippen molar-refractivity contribution in [1.82, 2.24) is 0 Å². The van der Waals surface area contributed by atoms with Gasteiger partial charge in [-0.15, -0.1) is 0 Å². The van der Waals surface area contributed by atoms with E-state index in [1.165, 1.54) is 61.0 Å². The summed E-state index contributed by atoms with van der Waals surface area (Å²) >= 11 is 0. The molecule has 10 aromatic carbocycles. The highest BCUT2D eigenvalue weighted by Crippen LogP contribution is 2.58. The molecule has 2 nitrogen and oxygen atoms in total. The van der Waals surface area contributed by atoms with E-state index in [0.717, 1.165) is 55.5 Å². The van der Waals surface area contributed by atoms with Gasteiger partial charge in [0.15, 0.2) is 0 Å². The van der Waals surface area contributed by atoms with Crippen molar-refractivity contribution in [2.24, 2.45) is 0 Å². The van der Waals surface area contributed by atoms with E-state index in [2.05, 4.69) is 243 Å².